The fourth-order valence-corrected chi connectivity index (χ4v) is 0.764. The fourth-order valence-electron chi connectivity index (χ4n) is 0.764. The Kier molecular flexibility index (Phi) is 1.55. The molecule has 9 heavy (non-hydrogen) atoms. The van der Waals surface area contributed by atoms with Gasteiger partial charge in [-0.2, -0.15) is 0 Å². The molecule has 3 nitrogen and oxygen atoms in total. The van der Waals surface area contributed by atoms with Crippen LogP contribution < -0.4 is 5.06 Å². The molecule has 0 fully saturated rings. The van der Waals surface area contributed by atoms with E-state index in [2.05, 4.69) is 0 Å². The van der Waals surface area contributed by atoms with Crippen molar-refractivity contribution in [2.24, 2.45) is 0 Å². The van der Waals surface area contributed by atoms with E-state index < -0.39 is 0 Å². The Balaban J connectivity index is 2.64. The highest BCUT2D eigenvalue weighted by atomic mass is 16.5. The zero-order chi connectivity index (χ0) is 6.85. The molecule has 0 aromatic rings. The Hall–Kier alpha value is -0.800. The molecule has 1 N–H and O–H groups in total. The number of hydrogen-bond donors (Lipinski definition) is 1. The minimum Gasteiger partial charge on any atom is -0.623 e. The molecule has 1 heterocycles. The van der Waals surface area contributed by atoms with E-state index in [1.165, 1.54) is 0 Å². The van der Waals surface area contributed by atoms with Crippen LogP contribution in [0.25, 0.3) is 0 Å². The number of nitrogens with zero attached hydrogens (tertiary/aromatic N) is 1. The molecule has 1 rings (SSSR count). The minimum absolute atomic E-state index is 0.0972. The number of nitrogens with one attached hydrogen (secondary N) is 1. The first kappa shape index (κ1) is 6.32. The Bertz CT molecular complexity index is 160. The minimum atomic E-state index is 0.0972. The van der Waals surface area contributed by atoms with Crippen molar-refractivity contribution in [2.45, 2.75) is 0 Å². The second kappa shape index (κ2) is 2.21. The molecule has 50 valence electrons. The third-order valence-corrected chi connectivity index (χ3v) is 1.24. The van der Waals surface area contributed by atoms with Crippen molar-refractivity contribution in [3.8, 4) is 0 Å². The molecule has 1 aliphatic rings. The third kappa shape index (κ3) is 1.12. The summed E-state index contributed by atoms with van der Waals surface area (Å²) < 4.78 is 0. The van der Waals surface area contributed by atoms with Gasteiger partial charge in [0.05, 0.1) is 0 Å². The lowest BCUT2D eigenvalue weighted by Crippen LogP contribution is -3.00. The van der Waals surface area contributed by atoms with Gasteiger partial charge in [-0.15, -0.1) is 0 Å². The topological polar surface area (TPSA) is 30.7 Å². The maximum atomic E-state index is 10.8. The van der Waals surface area contributed by atoms with E-state index in [0.29, 0.717) is 0 Å². The third-order valence-electron chi connectivity index (χ3n) is 1.24. The quantitative estimate of drug-likeness (QED) is 0.471. The van der Waals surface area contributed by atoms with Crippen molar-refractivity contribution < 1.29 is 5.06 Å². The summed E-state index contributed by atoms with van der Waals surface area (Å²) in [6, 6.07) is 0. The molecule has 0 radical (unpaired) electrons. The van der Waals surface area contributed by atoms with Crippen LogP contribution in [0.2, 0.25) is 0 Å². The second-order valence-electron chi connectivity index (χ2n) is 2.17. The maximum absolute atomic E-state index is 10.8. The van der Waals surface area contributed by atoms with E-state index >= 15 is 0 Å². The predicted molar refractivity (Wildman–Crippen MR) is 35.2 cm³/mol. The molecule has 0 bridgehead atoms. The summed E-state index contributed by atoms with van der Waals surface area (Å²) in [5, 5.41) is 10.9. The van der Waals surface area contributed by atoms with Crippen LogP contribution in [0, 0.1) is 5.21 Å². The van der Waals surface area contributed by atoms with Gasteiger partial charge in [-0.1, -0.05) is 0 Å². The molecule has 3 heteroatoms. The number of rotatable bonds is 1. The normalized spacial score (nSPS) is 24.3. The molecule has 0 aliphatic carbocycles. The van der Waals surface area contributed by atoms with Crippen LogP contribution in [0.5, 0.6) is 0 Å². The van der Waals surface area contributed by atoms with Crippen LogP contribution in [0.15, 0.2) is 24.2 Å². The lowest BCUT2D eigenvalue weighted by Gasteiger charge is -2.21. The summed E-state index contributed by atoms with van der Waals surface area (Å²) in [6.07, 6.45) is 5.13. The van der Waals surface area contributed by atoms with Gasteiger partial charge in [0.15, 0.2) is 0 Å². The highest BCUT2D eigenvalue weighted by Gasteiger charge is 2.08. The number of quaternary nitrogens is 1. The Labute approximate surface area is 54.4 Å². The van der Waals surface area contributed by atoms with Gasteiger partial charge in [0.25, 0.3) is 0 Å². The van der Waals surface area contributed by atoms with E-state index in [-0.39, 0.29) is 5.06 Å². The summed E-state index contributed by atoms with van der Waals surface area (Å²) in [5.74, 6) is 0.759. The van der Waals surface area contributed by atoms with Gasteiger partial charge in [0, 0.05) is 20.2 Å². The summed E-state index contributed by atoms with van der Waals surface area (Å²) in [7, 11) is 3.72. The van der Waals surface area contributed by atoms with Gasteiger partial charge in [-0.3, -0.25) is 5.06 Å². The molecule has 1 unspecified atom stereocenters. The first-order valence-corrected chi connectivity index (χ1v) is 2.82. The Morgan fingerprint density at radius 2 is 2.22 bits per heavy atom. The van der Waals surface area contributed by atoms with Crippen molar-refractivity contribution in [2.75, 3.05) is 14.1 Å². The number of hydrogen-bond acceptors (Lipinski definition) is 2. The second-order valence-corrected chi connectivity index (χ2v) is 2.17. The molecule has 1 atom stereocenters. The highest BCUT2D eigenvalue weighted by molar-refractivity contribution is 5.09. The monoisotopic (exact) mass is 126 g/mol. The number of allylic oxidation sites excluding steroid dienone is 2. The lowest BCUT2D eigenvalue weighted by molar-refractivity contribution is -0.754. The Morgan fingerprint density at radius 1 is 1.56 bits per heavy atom. The van der Waals surface area contributed by atoms with Crippen molar-refractivity contribution in [1.82, 2.24) is 4.90 Å². The first-order valence-electron chi connectivity index (χ1n) is 2.82. The number of hydroxylamine groups is 2. The fraction of sp³-hybridized carbons (Fsp3) is 0.333. The van der Waals surface area contributed by atoms with Crippen LogP contribution in [-0.4, -0.2) is 19.0 Å². The zero-order valence-corrected chi connectivity index (χ0v) is 5.59. The molecule has 0 amide bonds. The van der Waals surface area contributed by atoms with Gasteiger partial charge in [-0.25, -0.2) is 0 Å². The summed E-state index contributed by atoms with van der Waals surface area (Å²) in [5.41, 5.74) is 0. The molecule has 0 saturated heterocycles. The van der Waals surface area contributed by atoms with Gasteiger partial charge in [0.1, 0.15) is 6.20 Å². The molecule has 0 aromatic carbocycles. The maximum Gasteiger partial charge on any atom is 0.206 e. The summed E-state index contributed by atoms with van der Waals surface area (Å²) in [4.78, 5) is 1.81. The summed E-state index contributed by atoms with van der Waals surface area (Å²) >= 11 is 0. The average Bonchev–Trinajstić information content (AvgIpc) is 2.13. The van der Waals surface area contributed by atoms with Crippen molar-refractivity contribution in [3.05, 3.63) is 29.4 Å². The largest absolute Gasteiger partial charge is 0.623 e. The molecule has 1 aliphatic heterocycles. The van der Waals surface area contributed by atoms with Gasteiger partial charge < -0.3 is 10.1 Å². The van der Waals surface area contributed by atoms with Crippen LogP contribution >= 0.6 is 0 Å². The standard InChI is InChI=1S/C6H10N2O/c1-7(2)6-4-3-5-8(6)9/h3-5,8H,1-2H3. The van der Waals surface area contributed by atoms with E-state index in [1.54, 1.807) is 12.3 Å². The van der Waals surface area contributed by atoms with Gasteiger partial charge in [-0.05, 0) is 6.08 Å². The van der Waals surface area contributed by atoms with Crippen LogP contribution in [0.1, 0.15) is 0 Å². The first-order chi connectivity index (χ1) is 4.22. The molecule has 0 saturated carbocycles. The molecule has 0 aromatic heterocycles. The van der Waals surface area contributed by atoms with Crippen LogP contribution in [-0.2, 0) is 0 Å². The van der Waals surface area contributed by atoms with E-state index in [4.69, 9.17) is 0 Å². The van der Waals surface area contributed by atoms with Crippen molar-refractivity contribution in [1.29, 1.82) is 0 Å². The lowest BCUT2D eigenvalue weighted by atomic mass is 10.6. The average molecular weight is 126 g/mol. The highest BCUT2D eigenvalue weighted by Crippen LogP contribution is 1.92. The van der Waals surface area contributed by atoms with Crippen molar-refractivity contribution in [3.63, 3.8) is 0 Å². The van der Waals surface area contributed by atoms with E-state index in [1.807, 2.05) is 25.1 Å². The van der Waals surface area contributed by atoms with E-state index in [9.17, 15) is 5.21 Å². The smallest absolute Gasteiger partial charge is 0.206 e. The molecular formula is C6H10N2O. The SMILES string of the molecule is CN(C)C1=CC=C[NH+]1[O-]. The van der Waals surface area contributed by atoms with Crippen molar-refractivity contribution >= 4 is 0 Å². The zero-order valence-electron chi connectivity index (χ0n) is 5.59. The van der Waals surface area contributed by atoms with E-state index in [0.717, 1.165) is 5.82 Å². The summed E-state index contributed by atoms with van der Waals surface area (Å²) in [6.45, 7) is 0. The van der Waals surface area contributed by atoms with Crippen LogP contribution in [0.3, 0.4) is 0 Å². The predicted octanol–water partition coefficient (Wildman–Crippen LogP) is -0.701. The van der Waals surface area contributed by atoms with Gasteiger partial charge >= 0.3 is 0 Å². The Morgan fingerprint density at radius 3 is 2.44 bits per heavy atom. The molecule has 0 spiro atoms. The van der Waals surface area contributed by atoms with Crippen LogP contribution in [0.4, 0.5) is 0 Å². The van der Waals surface area contributed by atoms with Gasteiger partial charge in [0.2, 0.25) is 5.82 Å². The molecular weight excluding hydrogens is 116 g/mol.